The Kier molecular flexibility index (Phi) is 8.99. The number of piperazine rings is 1. The van der Waals surface area contributed by atoms with Gasteiger partial charge in [0.25, 0.3) is 0 Å². The highest BCUT2D eigenvalue weighted by Crippen LogP contribution is 2.35. The van der Waals surface area contributed by atoms with Crippen molar-refractivity contribution in [3.63, 3.8) is 0 Å². The average Bonchev–Trinajstić information content (AvgIpc) is 2.91. The minimum atomic E-state index is -0.522. The number of likely N-dealkylation sites (tertiary alicyclic amines) is 1. The van der Waals surface area contributed by atoms with Crippen LogP contribution in [0, 0.1) is 5.92 Å². The number of carbonyl (C=O) groups excluding carboxylic acids is 1. The molecule has 3 aliphatic heterocycles. The van der Waals surface area contributed by atoms with Crippen LogP contribution in [-0.4, -0.2) is 94.3 Å². The summed E-state index contributed by atoms with van der Waals surface area (Å²) >= 11 is 0. The number of rotatable bonds is 6. The highest BCUT2D eigenvalue weighted by molar-refractivity contribution is 5.69. The van der Waals surface area contributed by atoms with Gasteiger partial charge in [0.05, 0.1) is 11.2 Å². The van der Waals surface area contributed by atoms with Crippen LogP contribution in [0.15, 0.2) is 30.3 Å². The number of benzene rings is 1. The Morgan fingerprint density at radius 1 is 1.07 bits per heavy atom. The van der Waals surface area contributed by atoms with E-state index in [1.165, 1.54) is 24.0 Å². The van der Waals surface area contributed by atoms with Crippen molar-refractivity contribution in [2.75, 3.05) is 51.3 Å². The van der Waals surface area contributed by atoms with E-state index in [4.69, 9.17) is 19.4 Å². The molecule has 2 atom stereocenters. The summed E-state index contributed by atoms with van der Waals surface area (Å²) in [6.45, 7) is 18.5. The Hall–Kier alpha value is -2.91. The molecule has 42 heavy (non-hydrogen) atoms. The van der Waals surface area contributed by atoms with Crippen molar-refractivity contribution < 1.29 is 14.3 Å². The maximum Gasteiger partial charge on any atom is 0.410 e. The zero-order valence-corrected chi connectivity index (χ0v) is 26.7. The van der Waals surface area contributed by atoms with Crippen molar-refractivity contribution in [3.05, 3.63) is 47.2 Å². The second-order valence-electron chi connectivity index (χ2n) is 14.0. The molecule has 230 valence electrons. The smallest absolute Gasteiger partial charge is 0.410 e. The molecule has 1 aromatic heterocycles. The van der Waals surface area contributed by atoms with E-state index in [-0.39, 0.29) is 11.6 Å². The molecule has 2 fully saturated rings. The third kappa shape index (κ3) is 7.17. The molecule has 1 aromatic carbocycles. The molecule has 0 aliphatic carbocycles. The van der Waals surface area contributed by atoms with Crippen LogP contribution in [-0.2, 0) is 24.2 Å². The minimum Gasteiger partial charge on any atom is -0.462 e. The Morgan fingerprint density at radius 2 is 1.83 bits per heavy atom. The molecule has 9 heteroatoms. The summed E-state index contributed by atoms with van der Waals surface area (Å²) in [6.07, 6.45) is 3.07. The summed E-state index contributed by atoms with van der Waals surface area (Å²) in [4.78, 5) is 32.1. The first-order valence-electron chi connectivity index (χ1n) is 15.6. The van der Waals surface area contributed by atoms with E-state index in [1.54, 1.807) is 0 Å². The maximum atomic E-state index is 12.9. The molecule has 0 N–H and O–H groups in total. The van der Waals surface area contributed by atoms with Gasteiger partial charge in [0.2, 0.25) is 0 Å². The number of amides is 1. The highest BCUT2D eigenvalue weighted by atomic mass is 16.6. The van der Waals surface area contributed by atoms with Crippen molar-refractivity contribution in [3.8, 4) is 6.01 Å². The Labute approximate surface area is 252 Å². The molecular formula is C33H50N6O3. The first-order chi connectivity index (χ1) is 19.9. The summed E-state index contributed by atoms with van der Waals surface area (Å²) in [5.74, 6) is 1.52. The monoisotopic (exact) mass is 578 g/mol. The Bertz CT molecular complexity index is 1220. The molecule has 2 aromatic rings. The fraction of sp³-hybridized carbons (Fsp3) is 0.667. The van der Waals surface area contributed by atoms with Gasteiger partial charge in [-0.15, -0.1) is 0 Å². The van der Waals surface area contributed by atoms with Crippen LogP contribution < -0.4 is 9.64 Å². The molecule has 0 saturated carbocycles. The molecule has 5 rings (SSSR count). The van der Waals surface area contributed by atoms with Gasteiger partial charge in [-0.2, -0.15) is 9.97 Å². The van der Waals surface area contributed by atoms with Gasteiger partial charge in [0.15, 0.2) is 0 Å². The van der Waals surface area contributed by atoms with E-state index in [0.29, 0.717) is 44.2 Å². The molecule has 0 bridgehead atoms. The largest absolute Gasteiger partial charge is 0.462 e. The first kappa shape index (κ1) is 30.5. The van der Waals surface area contributed by atoms with Gasteiger partial charge in [-0.3, -0.25) is 9.80 Å². The lowest BCUT2D eigenvalue weighted by Crippen LogP contribution is -2.61. The second kappa shape index (κ2) is 12.4. The number of hydrogen-bond donors (Lipinski definition) is 0. The van der Waals surface area contributed by atoms with Crippen LogP contribution in [0.1, 0.15) is 71.2 Å². The SMILES string of the molecule is CC1CCCN(C)C1COc1nc2c(c(N3CCN(C(=O)OC(C)(C)C)CC3(C)C)n1)CCN(Cc1ccccc1)C2. The summed E-state index contributed by atoms with van der Waals surface area (Å²) < 4.78 is 12.1. The van der Waals surface area contributed by atoms with E-state index in [2.05, 4.69) is 72.9 Å². The lowest BCUT2D eigenvalue weighted by molar-refractivity contribution is 0.0178. The maximum absolute atomic E-state index is 12.9. The third-order valence-electron chi connectivity index (χ3n) is 8.94. The summed E-state index contributed by atoms with van der Waals surface area (Å²) in [5.41, 5.74) is 2.70. The zero-order valence-electron chi connectivity index (χ0n) is 26.7. The lowest BCUT2D eigenvalue weighted by Gasteiger charge is -2.48. The lowest BCUT2D eigenvalue weighted by atomic mass is 9.92. The summed E-state index contributed by atoms with van der Waals surface area (Å²) in [5, 5.41) is 0. The quantitative estimate of drug-likeness (QED) is 0.475. The van der Waals surface area contributed by atoms with Crippen LogP contribution in [0.4, 0.5) is 10.6 Å². The third-order valence-corrected chi connectivity index (χ3v) is 8.94. The first-order valence-corrected chi connectivity index (χ1v) is 15.6. The molecule has 2 unspecified atom stereocenters. The topological polar surface area (TPSA) is 74.3 Å². The van der Waals surface area contributed by atoms with Crippen molar-refractivity contribution in [2.45, 2.75) is 91.1 Å². The number of likely N-dealkylation sites (N-methyl/N-ethyl adjacent to an activating group) is 1. The molecular weight excluding hydrogens is 528 g/mol. The fourth-order valence-corrected chi connectivity index (χ4v) is 6.64. The minimum absolute atomic E-state index is 0.258. The standard InChI is InChI=1S/C33H50N6O3/c1-24-12-11-16-36(7)28(24)22-41-30-34-27-21-37(20-25-13-9-8-10-14-25)17-15-26(27)29(35-30)39-19-18-38(23-33(39,5)6)31(40)42-32(2,3)4/h8-10,13-14,24,28H,11-12,15-23H2,1-7H3. The van der Waals surface area contributed by atoms with Crippen LogP contribution in [0.25, 0.3) is 0 Å². The number of ether oxygens (including phenoxy) is 2. The second-order valence-corrected chi connectivity index (χ2v) is 14.0. The number of anilines is 1. The van der Waals surface area contributed by atoms with Crippen molar-refractivity contribution in [1.29, 1.82) is 0 Å². The number of piperidine rings is 1. The van der Waals surface area contributed by atoms with E-state index < -0.39 is 5.60 Å². The average molecular weight is 579 g/mol. The highest BCUT2D eigenvalue weighted by Gasteiger charge is 2.40. The van der Waals surface area contributed by atoms with Crippen molar-refractivity contribution in [2.24, 2.45) is 5.92 Å². The van der Waals surface area contributed by atoms with Crippen LogP contribution in [0.3, 0.4) is 0 Å². The van der Waals surface area contributed by atoms with Crippen LogP contribution in [0.2, 0.25) is 0 Å². The van der Waals surface area contributed by atoms with Gasteiger partial charge in [-0.25, -0.2) is 4.79 Å². The van der Waals surface area contributed by atoms with Gasteiger partial charge >= 0.3 is 12.1 Å². The summed E-state index contributed by atoms with van der Waals surface area (Å²) in [6, 6.07) is 11.4. The molecule has 0 radical (unpaired) electrons. The van der Waals surface area contributed by atoms with Crippen molar-refractivity contribution >= 4 is 11.9 Å². The number of carbonyl (C=O) groups is 1. The predicted octanol–water partition coefficient (Wildman–Crippen LogP) is 4.98. The van der Waals surface area contributed by atoms with Crippen molar-refractivity contribution in [1.82, 2.24) is 24.7 Å². The van der Waals surface area contributed by atoms with E-state index in [9.17, 15) is 4.79 Å². The van der Waals surface area contributed by atoms with E-state index in [0.717, 1.165) is 44.1 Å². The van der Waals surface area contributed by atoms with Gasteiger partial charge in [-0.05, 0) is 79.0 Å². The van der Waals surface area contributed by atoms with Gasteiger partial charge in [0.1, 0.15) is 18.0 Å². The predicted molar refractivity (Wildman–Crippen MR) is 166 cm³/mol. The number of fused-ring (bicyclic) bond motifs is 1. The Morgan fingerprint density at radius 3 is 2.52 bits per heavy atom. The molecule has 2 saturated heterocycles. The summed E-state index contributed by atoms with van der Waals surface area (Å²) in [7, 11) is 2.19. The van der Waals surface area contributed by atoms with Gasteiger partial charge < -0.3 is 19.3 Å². The molecule has 0 spiro atoms. The van der Waals surface area contributed by atoms with Gasteiger partial charge in [0, 0.05) is 50.9 Å². The van der Waals surface area contributed by atoms with Crippen LogP contribution in [0.5, 0.6) is 6.01 Å². The fourth-order valence-electron chi connectivity index (χ4n) is 6.64. The number of hydrogen-bond acceptors (Lipinski definition) is 8. The van der Waals surface area contributed by atoms with Gasteiger partial charge in [-0.1, -0.05) is 37.3 Å². The molecule has 9 nitrogen and oxygen atoms in total. The number of aromatic nitrogens is 2. The Balaban J connectivity index is 1.40. The van der Waals surface area contributed by atoms with E-state index >= 15 is 0 Å². The molecule has 1 amide bonds. The zero-order chi connectivity index (χ0) is 30.1. The number of nitrogens with zero attached hydrogens (tertiary/aromatic N) is 6. The van der Waals surface area contributed by atoms with Crippen LogP contribution >= 0.6 is 0 Å². The van der Waals surface area contributed by atoms with E-state index in [1.807, 2.05) is 25.7 Å². The molecule has 3 aliphatic rings. The normalized spacial score (nSPS) is 23.4. The molecule has 4 heterocycles.